The Morgan fingerprint density at radius 1 is 1.20 bits per heavy atom. The van der Waals surface area contributed by atoms with Gasteiger partial charge in [-0.3, -0.25) is 9.59 Å². The number of aromatic nitrogens is 3. The number of carbonyl (C=O) groups is 2. The van der Waals surface area contributed by atoms with Crippen molar-refractivity contribution in [1.29, 1.82) is 0 Å². The molecule has 0 amide bonds. The minimum atomic E-state index is -0.758. The van der Waals surface area contributed by atoms with Gasteiger partial charge >= 0.3 is 5.97 Å². The van der Waals surface area contributed by atoms with Gasteiger partial charge in [-0.2, -0.15) is 5.10 Å². The molecule has 7 nitrogen and oxygen atoms in total. The summed E-state index contributed by atoms with van der Waals surface area (Å²) >= 11 is 0. The largest absolute Gasteiger partial charge is 0.452 e. The summed E-state index contributed by atoms with van der Waals surface area (Å²) < 4.78 is 7.01. The third kappa shape index (κ3) is 2.96. The summed E-state index contributed by atoms with van der Waals surface area (Å²) in [5.74, 6) is -1.05. The van der Waals surface area contributed by atoms with Crippen LogP contribution in [0.5, 0.6) is 0 Å². The first-order valence-corrected chi connectivity index (χ1v) is 7.71. The van der Waals surface area contributed by atoms with Crippen molar-refractivity contribution in [2.75, 3.05) is 6.61 Å². The quantitative estimate of drug-likeness (QED) is 0.579. The molecule has 0 bridgehead atoms. The van der Waals surface area contributed by atoms with Crippen LogP contribution in [0.25, 0.3) is 10.8 Å². The number of ketones is 1. The van der Waals surface area contributed by atoms with Crippen LogP contribution in [0.4, 0.5) is 0 Å². The van der Waals surface area contributed by atoms with Crippen LogP contribution in [0, 0.1) is 13.8 Å². The van der Waals surface area contributed by atoms with E-state index in [1.54, 1.807) is 30.3 Å². The van der Waals surface area contributed by atoms with E-state index in [-0.39, 0.29) is 11.5 Å². The third-order valence-corrected chi connectivity index (χ3v) is 4.30. The van der Waals surface area contributed by atoms with Crippen LogP contribution in [-0.4, -0.2) is 33.1 Å². The van der Waals surface area contributed by atoms with E-state index in [1.807, 2.05) is 25.5 Å². The fourth-order valence-electron chi connectivity index (χ4n) is 2.69. The highest BCUT2D eigenvalue weighted by Gasteiger charge is 2.19. The van der Waals surface area contributed by atoms with Crippen molar-refractivity contribution in [1.82, 2.24) is 14.8 Å². The molecule has 128 valence electrons. The van der Waals surface area contributed by atoms with Crippen molar-refractivity contribution in [3.8, 4) is 0 Å². The van der Waals surface area contributed by atoms with Crippen molar-refractivity contribution < 1.29 is 14.3 Å². The number of hydrogen-bond acceptors (Lipinski definition) is 5. The molecule has 0 atom stereocenters. The topological polar surface area (TPSA) is 94.1 Å². The van der Waals surface area contributed by atoms with E-state index >= 15 is 0 Å². The summed E-state index contributed by atoms with van der Waals surface area (Å²) in [4.78, 5) is 36.4. The molecule has 0 aliphatic carbocycles. The lowest BCUT2D eigenvalue weighted by molar-refractivity contribution is 0.0469. The average molecular weight is 339 g/mol. The lowest BCUT2D eigenvalue weighted by Gasteiger charge is -2.06. The molecule has 0 aliphatic rings. The second kappa shape index (κ2) is 6.35. The minimum absolute atomic E-state index is 0.0241. The van der Waals surface area contributed by atoms with Gasteiger partial charge in [-0.05, 0) is 26.0 Å². The number of H-pyrrole nitrogens is 1. The monoisotopic (exact) mass is 339 g/mol. The molecular formula is C18H17N3O4. The molecule has 1 aromatic carbocycles. The lowest BCUT2D eigenvalue weighted by Crippen LogP contribution is -2.19. The van der Waals surface area contributed by atoms with Crippen molar-refractivity contribution in [3.63, 3.8) is 0 Å². The Hall–Kier alpha value is -3.22. The van der Waals surface area contributed by atoms with Crippen LogP contribution in [0.3, 0.4) is 0 Å². The molecule has 0 aliphatic heterocycles. The molecule has 3 aromatic rings. The van der Waals surface area contributed by atoms with E-state index in [1.165, 1.54) is 0 Å². The molecule has 0 saturated carbocycles. The zero-order valence-corrected chi connectivity index (χ0v) is 14.1. The summed E-state index contributed by atoms with van der Waals surface area (Å²) in [5.41, 5.74) is 1.86. The van der Waals surface area contributed by atoms with Gasteiger partial charge in [-0.1, -0.05) is 18.2 Å². The molecule has 1 N–H and O–H groups in total. The molecule has 2 heterocycles. The predicted octanol–water partition coefficient (Wildman–Crippen LogP) is 1.92. The van der Waals surface area contributed by atoms with Gasteiger partial charge in [0, 0.05) is 29.4 Å². The molecule has 7 heteroatoms. The fraction of sp³-hybridized carbons (Fsp3) is 0.222. The number of Topliss-reactive ketones (excluding diaryl/α,β-unsaturated/α-hetero) is 1. The molecule has 3 rings (SSSR count). The fourth-order valence-corrected chi connectivity index (χ4v) is 2.69. The zero-order valence-electron chi connectivity index (χ0n) is 14.1. The highest BCUT2D eigenvalue weighted by Crippen LogP contribution is 2.16. The SMILES string of the molecule is Cc1cc(C(=O)COC(=O)c2n[nH]c(=O)c3ccccc23)c(C)n1C. The maximum Gasteiger partial charge on any atom is 0.359 e. The second-order valence-corrected chi connectivity index (χ2v) is 5.79. The number of carbonyl (C=O) groups excluding carboxylic acids is 2. The first-order valence-electron chi connectivity index (χ1n) is 7.71. The van der Waals surface area contributed by atoms with Gasteiger partial charge in [0.05, 0.1) is 5.39 Å². The van der Waals surface area contributed by atoms with E-state index in [2.05, 4.69) is 10.2 Å². The summed E-state index contributed by atoms with van der Waals surface area (Å²) in [5, 5.41) is 6.76. The van der Waals surface area contributed by atoms with Crippen LogP contribution in [0.15, 0.2) is 35.1 Å². The third-order valence-electron chi connectivity index (χ3n) is 4.30. The van der Waals surface area contributed by atoms with Crippen molar-refractivity contribution >= 4 is 22.5 Å². The average Bonchev–Trinajstić information content (AvgIpc) is 2.87. The van der Waals surface area contributed by atoms with Crippen LogP contribution in [0.1, 0.15) is 32.2 Å². The Labute approximate surface area is 143 Å². The summed E-state index contributed by atoms with van der Waals surface area (Å²) in [6.45, 7) is 3.34. The van der Waals surface area contributed by atoms with Crippen molar-refractivity contribution in [2.45, 2.75) is 13.8 Å². The lowest BCUT2D eigenvalue weighted by atomic mass is 10.1. The standard InChI is InChI=1S/C18H17N3O4/c1-10-8-14(11(2)21(10)3)15(22)9-25-18(24)16-12-6-4-5-7-13(12)17(23)20-19-16/h4-8H,9H2,1-3H3,(H,20,23). The predicted molar refractivity (Wildman–Crippen MR) is 91.9 cm³/mol. The number of rotatable bonds is 4. The Morgan fingerprint density at radius 3 is 2.52 bits per heavy atom. The van der Waals surface area contributed by atoms with Gasteiger partial charge in [-0.15, -0.1) is 0 Å². The van der Waals surface area contributed by atoms with Crippen LogP contribution in [0.2, 0.25) is 0 Å². The van der Waals surface area contributed by atoms with Crippen LogP contribution in [-0.2, 0) is 11.8 Å². The van der Waals surface area contributed by atoms with E-state index in [4.69, 9.17) is 4.74 Å². The normalized spacial score (nSPS) is 10.8. The number of hydrogen-bond donors (Lipinski definition) is 1. The number of aromatic amines is 1. The summed E-state index contributed by atoms with van der Waals surface area (Å²) in [6.07, 6.45) is 0. The number of benzene rings is 1. The van der Waals surface area contributed by atoms with Crippen molar-refractivity contribution in [2.24, 2.45) is 7.05 Å². The molecular weight excluding hydrogens is 322 g/mol. The van der Waals surface area contributed by atoms with Gasteiger partial charge in [-0.25, -0.2) is 9.89 Å². The first kappa shape index (κ1) is 16.6. The molecule has 0 radical (unpaired) electrons. The Morgan fingerprint density at radius 2 is 1.88 bits per heavy atom. The number of aryl methyl sites for hydroxylation is 1. The van der Waals surface area contributed by atoms with Crippen molar-refractivity contribution in [3.05, 3.63) is 63.3 Å². The smallest absolute Gasteiger partial charge is 0.359 e. The minimum Gasteiger partial charge on any atom is -0.452 e. The Balaban J connectivity index is 1.82. The molecule has 0 saturated heterocycles. The van der Waals surface area contributed by atoms with Gasteiger partial charge in [0.25, 0.3) is 5.56 Å². The molecule has 0 unspecified atom stereocenters. The van der Waals surface area contributed by atoms with Gasteiger partial charge in [0.1, 0.15) is 0 Å². The van der Waals surface area contributed by atoms with E-state index in [0.29, 0.717) is 16.3 Å². The maximum absolute atomic E-state index is 12.3. The van der Waals surface area contributed by atoms with E-state index < -0.39 is 18.1 Å². The van der Waals surface area contributed by atoms with E-state index in [9.17, 15) is 14.4 Å². The summed E-state index contributed by atoms with van der Waals surface area (Å²) in [6, 6.07) is 8.35. The molecule has 25 heavy (non-hydrogen) atoms. The molecule has 2 aromatic heterocycles. The molecule has 0 fully saturated rings. The number of fused-ring (bicyclic) bond motifs is 1. The number of ether oxygens (including phenoxy) is 1. The first-order chi connectivity index (χ1) is 11.9. The zero-order chi connectivity index (χ0) is 18.1. The van der Waals surface area contributed by atoms with Gasteiger partial charge in [0.15, 0.2) is 12.3 Å². The maximum atomic E-state index is 12.3. The number of nitrogens with one attached hydrogen (secondary N) is 1. The van der Waals surface area contributed by atoms with Crippen LogP contribution >= 0.6 is 0 Å². The number of nitrogens with zero attached hydrogens (tertiary/aromatic N) is 2. The summed E-state index contributed by atoms with van der Waals surface area (Å²) in [7, 11) is 1.86. The van der Waals surface area contributed by atoms with Crippen LogP contribution < -0.4 is 5.56 Å². The highest BCUT2D eigenvalue weighted by molar-refractivity contribution is 6.04. The number of esters is 1. The second-order valence-electron chi connectivity index (χ2n) is 5.79. The van der Waals surface area contributed by atoms with Gasteiger partial charge in [0.2, 0.25) is 5.78 Å². The van der Waals surface area contributed by atoms with Gasteiger partial charge < -0.3 is 9.30 Å². The molecule has 0 spiro atoms. The Bertz CT molecular complexity index is 1050. The Kier molecular flexibility index (Phi) is 4.22. The highest BCUT2D eigenvalue weighted by atomic mass is 16.5. The van der Waals surface area contributed by atoms with E-state index in [0.717, 1.165) is 11.4 Å².